The molecule has 28 heavy (non-hydrogen) atoms. The fourth-order valence-electron chi connectivity index (χ4n) is 4.75. The van der Waals surface area contributed by atoms with Crippen LogP contribution in [0.2, 0.25) is 0 Å². The van der Waals surface area contributed by atoms with Crippen molar-refractivity contribution in [2.75, 3.05) is 0 Å². The number of ether oxygens (including phenoxy) is 2. The molecule has 0 spiro atoms. The lowest BCUT2D eigenvalue weighted by Crippen LogP contribution is -2.45. The second kappa shape index (κ2) is 8.62. The molecular weight excluding hydrogens is 352 g/mol. The van der Waals surface area contributed by atoms with E-state index in [9.17, 15) is 4.79 Å². The van der Waals surface area contributed by atoms with E-state index in [0.29, 0.717) is 24.2 Å². The molecule has 2 aliphatic rings. The van der Waals surface area contributed by atoms with Crippen LogP contribution in [0.4, 0.5) is 0 Å². The van der Waals surface area contributed by atoms with Crippen LogP contribution in [0, 0.1) is 11.8 Å². The van der Waals surface area contributed by atoms with Gasteiger partial charge in [-0.15, -0.1) is 0 Å². The summed E-state index contributed by atoms with van der Waals surface area (Å²) in [7, 11) is 0. The molecule has 5 atom stereocenters. The maximum Gasteiger partial charge on any atom is 0.305 e. The van der Waals surface area contributed by atoms with Gasteiger partial charge < -0.3 is 14.6 Å². The number of benzene rings is 1. The standard InChI is InChI=1S/C24H32O4/c1-16-10-11-17(2)23(18-8-6-5-7-9-18)21(16)13-12-19-14-20(15-22(25)26)28-24(3,4)27-19/h5-11,16,19-21,23H,2,12-15H2,1,3-4H3,(H,25,26)/t16-,19+,20+,21-,23+/m0/s1. The first-order valence-electron chi connectivity index (χ1n) is 10.2. The molecule has 152 valence electrons. The molecule has 1 fully saturated rings. The first-order valence-corrected chi connectivity index (χ1v) is 10.2. The van der Waals surface area contributed by atoms with Crippen LogP contribution in [-0.4, -0.2) is 29.1 Å². The van der Waals surface area contributed by atoms with Crippen molar-refractivity contribution in [2.24, 2.45) is 11.8 Å². The summed E-state index contributed by atoms with van der Waals surface area (Å²) in [6, 6.07) is 10.6. The normalized spacial score (nSPS) is 32.2. The summed E-state index contributed by atoms with van der Waals surface area (Å²) in [6.45, 7) is 10.3. The Hall–Kier alpha value is -1.91. The molecule has 0 radical (unpaired) electrons. The number of allylic oxidation sites excluding steroid dienone is 3. The summed E-state index contributed by atoms with van der Waals surface area (Å²) in [4.78, 5) is 11.1. The minimum Gasteiger partial charge on any atom is -0.481 e. The summed E-state index contributed by atoms with van der Waals surface area (Å²) >= 11 is 0. The van der Waals surface area contributed by atoms with Crippen LogP contribution in [0.1, 0.15) is 57.9 Å². The molecule has 1 saturated heterocycles. The van der Waals surface area contributed by atoms with E-state index in [4.69, 9.17) is 14.6 Å². The van der Waals surface area contributed by atoms with Gasteiger partial charge >= 0.3 is 5.97 Å². The maximum absolute atomic E-state index is 11.1. The third-order valence-electron chi connectivity index (χ3n) is 5.93. The van der Waals surface area contributed by atoms with Gasteiger partial charge in [0.2, 0.25) is 0 Å². The summed E-state index contributed by atoms with van der Waals surface area (Å²) in [5.41, 5.74) is 2.47. The Morgan fingerprint density at radius 1 is 1.18 bits per heavy atom. The Morgan fingerprint density at radius 2 is 1.86 bits per heavy atom. The number of aliphatic carboxylic acids is 1. The van der Waals surface area contributed by atoms with Crippen molar-refractivity contribution in [3.63, 3.8) is 0 Å². The molecule has 0 saturated carbocycles. The molecule has 3 rings (SSSR count). The highest BCUT2D eigenvalue weighted by Gasteiger charge is 2.38. The molecule has 0 unspecified atom stereocenters. The maximum atomic E-state index is 11.1. The predicted octanol–water partition coefficient (Wildman–Crippen LogP) is 5.31. The molecule has 1 aromatic rings. The lowest BCUT2D eigenvalue weighted by atomic mass is 9.69. The molecule has 1 aliphatic heterocycles. The first-order chi connectivity index (χ1) is 13.2. The monoisotopic (exact) mass is 384 g/mol. The van der Waals surface area contributed by atoms with E-state index in [0.717, 1.165) is 18.4 Å². The van der Waals surface area contributed by atoms with Crippen LogP contribution in [0.3, 0.4) is 0 Å². The lowest BCUT2D eigenvalue weighted by Gasteiger charge is -2.42. The second-order valence-corrected chi connectivity index (χ2v) is 8.64. The fraction of sp³-hybridized carbons (Fsp3) is 0.542. The van der Waals surface area contributed by atoms with Crippen molar-refractivity contribution in [1.29, 1.82) is 0 Å². The van der Waals surface area contributed by atoms with Gasteiger partial charge in [0.1, 0.15) is 0 Å². The molecule has 4 heteroatoms. The van der Waals surface area contributed by atoms with E-state index < -0.39 is 11.8 Å². The van der Waals surface area contributed by atoms with Crippen molar-refractivity contribution >= 4 is 5.97 Å². The minimum absolute atomic E-state index is 0.0101. The molecule has 1 aliphatic carbocycles. The van der Waals surface area contributed by atoms with Crippen LogP contribution in [0.25, 0.3) is 0 Å². The molecule has 1 heterocycles. The van der Waals surface area contributed by atoms with Crippen LogP contribution >= 0.6 is 0 Å². The number of carboxylic acid groups (broad SMARTS) is 1. The fourth-order valence-corrected chi connectivity index (χ4v) is 4.75. The van der Waals surface area contributed by atoms with Gasteiger partial charge in [0, 0.05) is 12.3 Å². The Morgan fingerprint density at radius 3 is 2.54 bits per heavy atom. The quantitative estimate of drug-likeness (QED) is 0.722. The highest BCUT2D eigenvalue weighted by molar-refractivity contribution is 5.67. The average molecular weight is 385 g/mol. The van der Waals surface area contributed by atoms with Gasteiger partial charge in [0.25, 0.3) is 0 Å². The van der Waals surface area contributed by atoms with Gasteiger partial charge in [0.15, 0.2) is 5.79 Å². The number of hydrogen-bond acceptors (Lipinski definition) is 3. The van der Waals surface area contributed by atoms with Crippen molar-refractivity contribution < 1.29 is 19.4 Å². The molecule has 0 amide bonds. The van der Waals surface area contributed by atoms with Crippen molar-refractivity contribution in [1.82, 2.24) is 0 Å². The highest BCUT2D eigenvalue weighted by Crippen LogP contribution is 2.43. The summed E-state index contributed by atoms with van der Waals surface area (Å²) in [5, 5.41) is 9.14. The SMILES string of the molecule is C=C1C=C[C@H](C)[C@H](CC[C@@H]2C[C@H](CC(=O)O)OC(C)(C)O2)[C@H]1c1ccccc1. The van der Waals surface area contributed by atoms with Crippen molar-refractivity contribution in [3.8, 4) is 0 Å². The van der Waals surface area contributed by atoms with Gasteiger partial charge in [-0.1, -0.05) is 56.0 Å². The van der Waals surface area contributed by atoms with Crippen LogP contribution < -0.4 is 0 Å². The second-order valence-electron chi connectivity index (χ2n) is 8.64. The van der Waals surface area contributed by atoms with Crippen LogP contribution in [0.5, 0.6) is 0 Å². The zero-order chi connectivity index (χ0) is 20.3. The molecule has 1 aromatic carbocycles. The minimum atomic E-state index is -0.826. The van der Waals surface area contributed by atoms with E-state index in [-0.39, 0.29) is 18.6 Å². The van der Waals surface area contributed by atoms with Gasteiger partial charge in [-0.25, -0.2) is 0 Å². The van der Waals surface area contributed by atoms with Gasteiger partial charge in [0.05, 0.1) is 18.6 Å². The van der Waals surface area contributed by atoms with Crippen LogP contribution in [-0.2, 0) is 14.3 Å². The van der Waals surface area contributed by atoms with E-state index in [2.05, 4.69) is 49.9 Å². The van der Waals surface area contributed by atoms with E-state index in [1.54, 1.807) is 0 Å². The number of hydrogen-bond donors (Lipinski definition) is 1. The predicted molar refractivity (Wildman–Crippen MR) is 110 cm³/mol. The Balaban J connectivity index is 1.71. The smallest absolute Gasteiger partial charge is 0.305 e. The number of rotatable bonds is 6. The summed E-state index contributed by atoms with van der Waals surface area (Å²) < 4.78 is 11.9. The third-order valence-corrected chi connectivity index (χ3v) is 5.93. The highest BCUT2D eigenvalue weighted by atomic mass is 16.7. The Bertz CT molecular complexity index is 721. The largest absolute Gasteiger partial charge is 0.481 e. The molecule has 4 nitrogen and oxygen atoms in total. The van der Waals surface area contributed by atoms with Gasteiger partial charge in [-0.3, -0.25) is 4.79 Å². The van der Waals surface area contributed by atoms with E-state index in [1.165, 1.54) is 5.56 Å². The molecule has 0 aromatic heterocycles. The number of carbonyl (C=O) groups is 1. The lowest BCUT2D eigenvalue weighted by molar-refractivity contribution is -0.300. The molecule has 0 bridgehead atoms. The molecular formula is C24H32O4. The first kappa shape index (κ1) is 20.8. The van der Waals surface area contributed by atoms with Gasteiger partial charge in [-0.2, -0.15) is 0 Å². The summed E-state index contributed by atoms with van der Waals surface area (Å²) in [6.07, 6.45) is 6.68. The zero-order valence-electron chi connectivity index (χ0n) is 17.1. The van der Waals surface area contributed by atoms with E-state index in [1.807, 2.05) is 19.9 Å². The van der Waals surface area contributed by atoms with Gasteiger partial charge in [-0.05, 0) is 49.7 Å². The Kier molecular flexibility index (Phi) is 6.41. The van der Waals surface area contributed by atoms with Crippen molar-refractivity contribution in [3.05, 3.63) is 60.2 Å². The number of carboxylic acids is 1. The van der Waals surface area contributed by atoms with Crippen molar-refractivity contribution in [2.45, 2.75) is 70.4 Å². The zero-order valence-corrected chi connectivity index (χ0v) is 17.1. The topological polar surface area (TPSA) is 55.8 Å². The Labute approximate surface area is 168 Å². The average Bonchev–Trinajstić information content (AvgIpc) is 2.61. The summed E-state index contributed by atoms with van der Waals surface area (Å²) in [5.74, 6) is -0.355. The third kappa shape index (κ3) is 5.12. The molecule has 1 N–H and O–H groups in total. The van der Waals surface area contributed by atoms with Crippen LogP contribution in [0.15, 0.2) is 54.6 Å². The van der Waals surface area contributed by atoms with E-state index >= 15 is 0 Å².